The summed E-state index contributed by atoms with van der Waals surface area (Å²) in [5.74, 6) is 6.56. The molecule has 0 aliphatic heterocycles. The molecular formula is C18H23N3. The van der Waals surface area contributed by atoms with Gasteiger partial charge in [0.15, 0.2) is 0 Å². The van der Waals surface area contributed by atoms with Crippen LogP contribution in [0, 0.1) is 13.8 Å². The number of rotatable bonds is 4. The minimum Gasteiger partial charge on any atom is -0.271 e. The smallest absolute Gasteiger partial charge is 0.0884 e. The number of aryl methyl sites for hydroxylation is 2. The summed E-state index contributed by atoms with van der Waals surface area (Å²) in [5, 5.41) is 0. The summed E-state index contributed by atoms with van der Waals surface area (Å²) in [5.41, 5.74) is 8.92. The predicted octanol–water partition coefficient (Wildman–Crippen LogP) is 3.52. The lowest BCUT2D eigenvalue weighted by Crippen LogP contribution is -2.30. The van der Waals surface area contributed by atoms with E-state index in [1.807, 2.05) is 6.20 Å². The Labute approximate surface area is 126 Å². The third-order valence-electron chi connectivity index (χ3n) is 4.52. The number of hydrogen-bond donors (Lipinski definition) is 2. The van der Waals surface area contributed by atoms with E-state index >= 15 is 0 Å². The molecule has 1 unspecified atom stereocenters. The van der Waals surface area contributed by atoms with Crippen molar-refractivity contribution in [2.75, 3.05) is 0 Å². The van der Waals surface area contributed by atoms with Crippen LogP contribution in [0.2, 0.25) is 0 Å². The second-order valence-electron chi connectivity index (χ2n) is 6.11. The molecule has 3 heteroatoms. The SMILES string of the molecule is Cc1cnc(C(NN)c2cccc(C3CCC3)c2)c(C)c1. The molecular weight excluding hydrogens is 258 g/mol. The topological polar surface area (TPSA) is 50.9 Å². The molecule has 1 saturated carbocycles. The van der Waals surface area contributed by atoms with Gasteiger partial charge >= 0.3 is 0 Å². The zero-order chi connectivity index (χ0) is 14.8. The summed E-state index contributed by atoms with van der Waals surface area (Å²) < 4.78 is 0. The van der Waals surface area contributed by atoms with Crippen molar-refractivity contribution < 1.29 is 0 Å². The Bertz CT molecular complexity index is 632. The van der Waals surface area contributed by atoms with Gasteiger partial charge in [-0.1, -0.05) is 36.8 Å². The highest BCUT2D eigenvalue weighted by Gasteiger charge is 2.22. The van der Waals surface area contributed by atoms with Crippen LogP contribution in [-0.2, 0) is 0 Å². The third kappa shape index (κ3) is 2.85. The molecule has 2 aromatic rings. The van der Waals surface area contributed by atoms with Crippen molar-refractivity contribution in [1.82, 2.24) is 10.4 Å². The van der Waals surface area contributed by atoms with E-state index in [-0.39, 0.29) is 6.04 Å². The van der Waals surface area contributed by atoms with Gasteiger partial charge in [-0.2, -0.15) is 0 Å². The second-order valence-corrected chi connectivity index (χ2v) is 6.11. The fourth-order valence-corrected chi connectivity index (χ4v) is 3.10. The van der Waals surface area contributed by atoms with E-state index in [0.29, 0.717) is 0 Å². The monoisotopic (exact) mass is 281 g/mol. The molecule has 1 fully saturated rings. The fraction of sp³-hybridized carbons (Fsp3) is 0.389. The van der Waals surface area contributed by atoms with Gasteiger partial charge in [0, 0.05) is 6.20 Å². The molecule has 110 valence electrons. The van der Waals surface area contributed by atoms with Crippen molar-refractivity contribution >= 4 is 0 Å². The van der Waals surface area contributed by atoms with Gasteiger partial charge in [0.25, 0.3) is 0 Å². The van der Waals surface area contributed by atoms with Crippen LogP contribution in [0.4, 0.5) is 0 Å². The maximum absolute atomic E-state index is 5.83. The molecule has 1 aromatic heterocycles. The maximum atomic E-state index is 5.83. The van der Waals surface area contributed by atoms with Crippen LogP contribution in [0.5, 0.6) is 0 Å². The lowest BCUT2D eigenvalue weighted by Gasteiger charge is -2.27. The first-order valence-corrected chi connectivity index (χ1v) is 7.68. The number of nitrogens with two attached hydrogens (primary N) is 1. The number of pyridine rings is 1. The molecule has 0 saturated heterocycles. The summed E-state index contributed by atoms with van der Waals surface area (Å²) in [6, 6.07) is 10.9. The number of nitrogens with one attached hydrogen (secondary N) is 1. The molecule has 3 N–H and O–H groups in total. The molecule has 21 heavy (non-hydrogen) atoms. The van der Waals surface area contributed by atoms with Gasteiger partial charge in [-0.25, -0.2) is 5.43 Å². The zero-order valence-electron chi connectivity index (χ0n) is 12.8. The first kappa shape index (κ1) is 14.2. The highest BCUT2D eigenvalue weighted by Crippen LogP contribution is 2.37. The van der Waals surface area contributed by atoms with Crippen LogP contribution in [-0.4, -0.2) is 4.98 Å². The van der Waals surface area contributed by atoms with Crippen LogP contribution in [0.3, 0.4) is 0 Å². The third-order valence-corrected chi connectivity index (χ3v) is 4.52. The average molecular weight is 281 g/mol. The Hall–Kier alpha value is -1.71. The lowest BCUT2D eigenvalue weighted by molar-refractivity contribution is 0.419. The molecule has 1 aromatic carbocycles. The van der Waals surface area contributed by atoms with E-state index in [9.17, 15) is 0 Å². The van der Waals surface area contributed by atoms with Gasteiger partial charge < -0.3 is 0 Å². The summed E-state index contributed by atoms with van der Waals surface area (Å²) >= 11 is 0. The van der Waals surface area contributed by atoms with Crippen molar-refractivity contribution in [3.63, 3.8) is 0 Å². The normalized spacial score (nSPS) is 16.5. The van der Waals surface area contributed by atoms with E-state index < -0.39 is 0 Å². The standard InChI is InChI=1S/C18H23N3/c1-12-9-13(2)17(20-11-12)18(21-19)16-8-4-7-15(10-16)14-5-3-6-14/h4,7-11,14,18,21H,3,5-6,19H2,1-2H3. The number of hydrogen-bond acceptors (Lipinski definition) is 3. The van der Waals surface area contributed by atoms with Crippen molar-refractivity contribution in [3.05, 3.63) is 64.5 Å². The molecule has 3 rings (SSSR count). The Morgan fingerprint density at radius 2 is 2.05 bits per heavy atom. The summed E-state index contributed by atoms with van der Waals surface area (Å²) in [4.78, 5) is 4.59. The van der Waals surface area contributed by atoms with E-state index in [1.54, 1.807) is 0 Å². The van der Waals surface area contributed by atoms with E-state index in [4.69, 9.17) is 5.84 Å². The van der Waals surface area contributed by atoms with Crippen molar-refractivity contribution in [1.29, 1.82) is 0 Å². The average Bonchev–Trinajstić information content (AvgIpc) is 2.40. The van der Waals surface area contributed by atoms with Gasteiger partial charge in [-0.05, 0) is 54.9 Å². The molecule has 0 amide bonds. The number of nitrogens with zero attached hydrogens (tertiary/aromatic N) is 1. The first-order chi connectivity index (χ1) is 10.2. The first-order valence-electron chi connectivity index (χ1n) is 7.68. The largest absolute Gasteiger partial charge is 0.271 e. The second kappa shape index (κ2) is 5.96. The van der Waals surface area contributed by atoms with E-state index in [0.717, 1.165) is 11.6 Å². The van der Waals surface area contributed by atoms with Crippen LogP contribution in [0.15, 0.2) is 36.5 Å². The van der Waals surface area contributed by atoms with Gasteiger partial charge in [0.1, 0.15) is 0 Å². The molecule has 1 aliphatic carbocycles. The Morgan fingerprint density at radius 1 is 1.24 bits per heavy atom. The molecule has 3 nitrogen and oxygen atoms in total. The quantitative estimate of drug-likeness (QED) is 0.666. The molecule has 1 atom stereocenters. The van der Waals surface area contributed by atoms with Crippen molar-refractivity contribution in [2.45, 2.75) is 45.1 Å². The maximum Gasteiger partial charge on any atom is 0.0884 e. The molecule has 1 heterocycles. The Balaban J connectivity index is 1.95. The van der Waals surface area contributed by atoms with Gasteiger partial charge in [0.2, 0.25) is 0 Å². The van der Waals surface area contributed by atoms with Crippen LogP contribution < -0.4 is 11.3 Å². The van der Waals surface area contributed by atoms with Gasteiger partial charge in [0.05, 0.1) is 11.7 Å². The minimum absolute atomic E-state index is 0.0503. The molecule has 0 bridgehead atoms. The predicted molar refractivity (Wildman–Crippen MR) is 85.9 cm³/mol. The summed E-state index contributed by atoms with van der Waals surface area (Å²) in [7, 11) is 0. The highest BCUT2D eigenvalue weighted by molar-refractivity contribution is 5.36. The number of hydrazine groups is 1. The zero-order valence-corrected chi connectivity index (χ0v) is 12.8. The van der Waals surface area contributed by atoms with Gasteiger partial charge in [-0.15, -0.1) is 0 Å². The van der Waals surface area contributed by atoms with E-state index in [1.165, 1.54) is 41.5 Å². The van der Waals surface area contributed by atoms with Gasteiger partial charge in [-0.3, -0.25) is 10.8 Å². The fourth-order valence-electron chi connectivity index (χ4n) is 3.10. The Kier molecular flexibility index (Phi) is 4.04. The van der Waals surface area contributed by atoms with Crippen molar-refractivity contribution in [3.8, 4) is 0 Å². The van der Waals surface area contributed by atoms with Crippen LogP contribution >= 0.6 is 0 Å². The van der Waals surface area contributed by atoms with Crippen LogP contribution in [0.1, 0.15) is 59.2 Å². The number of aromatic nitrogens is 1. The molecule has 0 radical (unpaired) electrons. The molecule has 0 spiro atoms. The van der Waals surface area contributed by atoms with Crippen LogP contribution in [0.25, 0.3) is 0 Å². The van der Waals surface area contributed by atoms with Crippen molar-refractivity contribution in [2.24, 2.45) is 5.84 Å². The summed E-state index contributed by atoms with van der Waals surface area (Å²) in [6.45, 7) is 4.15. The lowest BCUT2D eigenvalue weighted by atomic mass is 9.79. The van der Waals surface area contributed by atoms with E-state index in [2.05, 4.69) is 54.6 Å². The summed E-state index contributed by atoms with van der Waals surface area (Å²) in [6.07, 6.45) is 5.88. The highest BCUT2D eigenvalue weighted by atomic mass is 15.2. The minimum atomic E-state index is -0.0503. The number of benzene rings is 1. The Morgan fingerprint density at radius 3 is 2.67 bits per heavy atom. The molecule has 1 aliphatic rings.